The SMILES string of the molecule is O=C(Cl)c1ccc2c(c1)N(Cl)C=C(Cl)N2. The molecule has 0 aromatic heterocycles. The van der Waals surface area contributed by atoms with Gasteiger partial charge in [-0.15, -0.1) is 0 Å². The van der Waals surface area contributed by atoms with E-state index in [9.17, 15) is 4.79 Å². The fourth-order valence-corrected chi connectivity index (χ4v) is 1.87. The zero-order valence-electron chi connectivity index (χ0n) is 7.30. The summed E-state index contributed by atoms with van der Waals surface area (Å²) in [6.45, 7) is 0. The minimum absolute atomic E-state index is 0.384. The zero-order chi connectivity index (χ0) is 11.0. The average molecular weight is 264 g/mol. The van der Waals surface area contributed by atoms with Gasteiger partial charge >= 0.3 is 0 Å². The number of benzene rings is 1. The molecule has 0 saturated carbocycles. The van der Waals surface area contributed by atoms with Crippen LogP contribution in [0.4, 0.5) is 11.4 Å². The molecule has 0 atom stereocenters. The van der Waals surface area contributed by atoms with Crippen LogP contribution in [0.5, 0.6) is 0 Å². The molecule has 1 heterocycles. The molecule has 6 heteroatoms. The number of carbonyl (C=O) groups excluding carboxylic acids is 1. The topological polar surface area (TPSA) is 32.3 Å². The van der Waals surface area contributed by atoms with Crippen LogP contribution in [0, 0.1) is 0 Å². The van der Waals surface area contributed by atoms with Crippen molar-refractivity contribution in [3.63, 3.8) is 0 Å². The third-order valence-corrected chi connectivity index (χ3v) is 2.63. The van der Waals surface area contributed by atoms with Gasteiger partial charge in [-0.2, -0.15) is 0 Å². The first-order valence-electron chi connectivity index (χ1n) is 4.01. The van der Waals surface area contributed by atoms with Gasteiger partial charge in [0.2, 0.25) is 0 Å². The first-order chi connectivity index (χ1) is 7.08. The van der Waals surface area contributed by atoms with Crippen LogP contribution in [0.25, 0.3) is 0 Å². The van der Waals surface area contributed by atoms with E-state index in [1.54, 1.807) is 18.2 Å². The van der Waals surface area contributed by atoms with Crippen molar-refractivity contribution in [1.29, 1.82) is 0 Å². The Morgan fingerprint density at radius 3 is 2.80 bits per heavy atom. The van der Waals surface area contributed by atoms with Gasteiger partial charge in [0.05, 0.1) is 17.6 Å². The molecule has 15 heavy (non-hydrogen) atoms. The number of hydrogen-bond donors (Lipinski definition) is 1. The summed E-state index contributed by atoms with van der Waals surface area (Å²) in [7, 11) is 0. The van der Waals surface area contributed by atoms with E-state index in [0.29, 0.717) is 16.4 Å². The third kappa shape index (κ3) is 2.04. The molecule has 0 amide bonds. The van der Waals surface area contributed by atoms with Gasteiger partial charge in [0.25, 0.3) is 5.24 Å². The average Bonchev–Trinajstić information content (AvgIpc) is 2.16. The van der Waals surface area contributed by atoms with E-state index in [4.69, 9.17) is 35.0 Å². The first kappa shape index (κ1) is 10.6. The van der Waals surface area contributed by atoms with Crippen LogP contribution >= 0.6 is 35.0 Å². The molecule has 1 aromatic rings. The fourth-order valence-electron chi connectivity index (χ4n) is 1.27. The summed E-state index contributed by atoms with van der Waals surface area (Å²) in [6.07, 6.45) is 1.49. The Kier molecular flexibility index (Phi) is 2.78. The molecule has 0 spiro atoms. The molecule has 0 aliphatic carbocycles. The smallest absolute Gasteiger partial charge is 0.252 e. The lowest BCUT2D eigenvalue weighted by atomic mass is 10.1. The lowest BCUT2D eigenvalue weighted by Crippen LogP contribution is -2.13. The highest BCUT2D eigenvalue weighted by Crippen LogP contribution is 2.34. The highest BCUT2D eigenvalue weighted by molar-refractivity contribution is 6.67. The second-order valence-electron chi connectivity index (χ2n) is 2.92. The molecule has 0 fully saturated rings. The molecular weight excluding hydrogens is 258 g/mol. The molecule has 1 aliphatic heterocycles. The molecule has 3 nitrogen and oxygen atoms in total. The lowest BCUT2D eigenvalue weighted by Gasteiger charge is -2.22. The van der Waals surface area contributed by atoms with Gasteiger partial charge in [0, 0.05) is 17.3 Å². The quantitative estimate of drug-likeness (QED) is 0.478. The van der Waals surface area contributed by atoms with Crippen LogP contribution in [0.15, 0.2) is 29.6 Å². The number of rotatable bonds is 1. The minimum atomic E-state index is -0.525. The Morgan fingerprint density at radius 2 is 2.13 bits per heavy atom. The van der Waals surface area contributed by atoms with Crippen LogP contribution < -0.4 is 9.74 Å². The van der Waals surface area contributed by atoms with Crippen molar-refractivity contribution in [3.05, 3.63) is 35.1 Å². The minimum Gasteiger partial charge on any atom is -0.343 e. The summed E-state index contributed by atoms with van der Waals surface area (Å²) in [5.74, 6) is 0. The lowest BCUT2D eigenvalue weighted by molar-refractivity contribution is 0.108. The maximum absolute atomic E-state index is 10.9. The number of anilines is 2. The molecule has 1 aromatic carbocycles. The second kappa shape index (κ2) is 3.93. The molecule has 0 unspecified atom stereocenters. The summed E-state index contributed by atoms with van der Waals surface area (Å²) in [5.41, 5.74) is 1.74. The Bertz CT molecular complexity index is 459. The second-order valence-corrected chi connectivity index (χ2v) is 4.03. The van der Waals surface area contributed by atoms with Gasteiger partial charge < -0.3 is 5.32 Å². The van der Waals surface area contributed by atoms with E-state index in [1.165, 1.54) is 10.6 Å². The van der Waals surface area contributed by atoms with Gasteiger partial charge in [0.15, 0.2) is 0 Å². The summed E-state index contributed by atoms with van der Waals surface area (Å²) < 4.78 is 1.30. The monoisotopic (exact) mass is 262 g/mol. The van der Waals surface area contributed by atoms with Gasteiger partial charge in [-0.25, -0.2) is 0 Å². The molecule has 78 valence electrons. The summed E-state index contributed by atoms with van der Waals surface area (Å²) >= 11 is 17.0. The Hall–Kier alpha value is -0.900. The standard InChI is InChI=1S/C9H5Cl3N2O/c10-8-4-14(12)7-3-5(9(11)15)1-2-6(7)13-8/h1-4,13H. The van der Waals surface area contributed by atoms with E-state index in [0.717, 1.165) is 5.69 Å². The number of hydrogen-bond acceptors (Lipinski definition) is 3. The van der Waals surface area contributed by atoms with E-state index in [-0.39, 0.29) is 0 Å². The maximum Gasteiger partial charge on any atom is 0.252 e. The highest BCUT2D eigenvalue weighted by atomic mass is 35.5. The van der Waals surface area contributed by atoms with E-state index in [2.05, 4.69) is 5.32 Å². The predicted octanol–water partition coefficient (Wildman–Crippen LogP) is 3.49. The molecular formula is C9H5Cl3N2O. The molecule has 1 N–H and O–H groups in total. The third-order valence-electron chi connectivity index (χ3n) is 1.94. The summed E-state index contributed by atoms with van der Waals surface area (Å²) in [4.78, 5) is 10.9. The van der Waals surface area contributed by atoms with E-state index < -0.39 is 5.24 Å². The number of halogens is 3. The zero-order valence-corrected chi connectivity index (χ0v) is 9.57. The van der Waals surface area contributed by atoms with Crippen LogP contribution in [0.1, 0.15) is 10.4 Å². The van der Waals surface area contributed by atoms with Crippen LogP contribution in [-0.2, 0) is 0 Å². The van der Waals surface area contributed by atoms with Crippen molar-refractivity contribution in [2.24, 2.45) is 0 Å². The van der Waals surface area contributed by atoms with Crippen LogP contribution in [0.3, 0.4) is 0 Å². The van der Waals surface area contributed by atoms with Gasteiger partial charge in [-0.1, -0.05) is 11.6 Å². The van der Waals surface area contributed by atoms with Crippen molar-refractivity contribution in [2.75, 3.05) is 9.74 Å². The van der Waals surface area contributed by atoms with Crippen molar-refractivity contribution in [1.82, 2.24) is 0 Å². The van der Waals surface area contributed by atoms with Crippen molar-refractivity contribution in [3.8, 4) is 0 Å². The van der Waals surface area contributed by atoms with Crippen molar-refractivity contribution in [2.45, 2.75) is 0 Å². The number of nitrogens with zero attached hydrogens (tertiary/aromatic N) is 1. The predicted molar refractivity (Wildman–Crippen MR) is 62.5 cm³/mol. The molecule has 0 bridgehead atoms. The number of carbonyl (C=O) groups is 1. The van der Waals surface area contributed by atoms with Crippen molar-refractivity contribution < 1.29 is 4.79 Å². The van der Waals surface area contributed by atoms with Gasteiger partial charge in [-0.3, -0.25) is 9.21 Å². The maximum atomic E-state index is 10.9. The first-order valence-corrected chi connectivity index (χ1v) is 5.10. The van der Waals surface area contributed by atoms with Crippen LogP contribution in [0.2, 0.25) is 0 Å². The van der Waals surface area contributed by atoms with Gasteiger partial charge in [0.1, 0.15) is 5.16 Å². The highest BCUT2D eigenvalue weighted by Gasteiger charge is 2.16. The Labute approximate surface area is 101 Å². The Morgan fingerprint density at radius 1 is 1.40 bits per heavy atom. The van der Waals surface area contributed by atoms with E-state index in [1.807, 2.05) is 0 Å². The number of nitrogens with one attached hydrogen (secondary N) is 1. The molecule has 0 radical (unpaired) electrons. The molecule has 0 saturated heterocycles. The molecule has 2 rings (SSSR count). The Balaban J connectivity index is 2.48. The van der Waals surface area contributed by atoms with E-state index >= 15 is 0 Å². The molecule has 1 aliphatic rings. The van der Waals surface area contributed by atoms with Gasteiger partial charge in [-0.05, 0) is 29.8 Å². The van der Waals surface area contributed by atoms with Crippen LogP contribution in [-0.4, -0.2) is 5.24 Å². The number of fused-ring (bicyclic) bond motifs is 1. The fraction of sp³-hybridized carbons (Fsp3) is 0. The summed E-state index contributed by atoms with van der Waals surface area (Å²) in [6, 6.07) is 4.88. The summed E-state index contributed by atoms with van der Waals surface area (Å²) in [5, 5.41) is 2.78. The normalized spacial score (nSPS) is 14.1. The van der Waals surface area contributed by atoms with Crippen molar-refractivity contribution >= 4 is 51.6 Å². The largest absolute Gasteiger partial charge is 0.343 e.